The number of carbonyl (C=O) groups is 3. The Morgan fingerprint density at radius 1 is 1.20 bits per heavy atom. The molecule has 7 nitrogen and oxygen atoms in total. The maximum atomic E-state index is 11.8. The molecule has 0 aliphatic rings. The molecule has 20 heavy (non-hydrogen) atoms. The predicted octanol–water partition coefficient (Wildman–Crippen LogP) is 0.653. The maximum absolute atomic E-state index is 11.8. The van der Waals surface area contributed by atoms with Crippen molar-refractivity contribution in [2.75, 3.05) is 19.6 Å². The van der Waals surface area contributed by atoms with Gasteiger partial charge in [-0.15, -0.1) is 0 Å². The standard InChI is InChI=1S/C13H25N3O4/c1-5-16(8-10(4)12(18)19)13(20)14-7-6-11(17)15-9(2)3/h9-10H,5-8H2,1-4H3,(H,14,20)(H,15,17)(H,18,19). The van der Waals surface area contributed by atoms with Crippen LogP contribution in [0.3, 0.4) is 0 Å². The highest BCUT2D eigenvalue weighted by molar-refractivity contribution is 5.78. The van der Waals surface area contributed by atoms with E-state index in [9.17, 15) is 14.4 Å². The maximum Gasteiger partial charge on any atom is 0.317 e. The van der Waals surface area contributed by atoms with Gasteiger partial charge in [0.15, 0.2) is 0 Å². The molecule has 0 saturated heterocycles. The summed E-state index contributed by atoms with van der Waals surface area (Å²) in [5, 5.41) is 14.2. The molecule has 0 aliphatic heterocycles. The van der Waals surface area contributed by atoms with Crippen molar-refractivity contribution < 1.29 is 19.5 Å². The summed E-state index contributed by atoms with van der Waals surface area (Å²) in [6, 6.07) is -0.278. The van der Waals surface area contributed by atoms with Gasteiger partial charge in [0.25, 0.3) is 0 Å². The van der Waals surface area contributed by atoms with E-state index >= 15 is 0 Å². The number of carbonyl (C=O) groups excluding carboxylic acids is 2. The molecule has 1 atom stereocenters. The van der Waals surface area contributed by atoms with Gasteiger partial charge in [-0.1, -0.05) is 6.92 Å². The minimum absolute atomic E-state index is 0.0711. The Kier molecular flexibility index (Phi) is 8.35. The minimum atomic E-state index is -0.937. The van der Waals surface area contributed by atoms with Crippen LogP contribution < -0.4 is 10.6 Å². The highest BCUT2D eigenvalue weighted by atomic mass is 16.4. The summed E-state index contributed by atoms with van der Waals surface area (Å²) >= 11 is 0. The lowest BCUT2D eigenvalue weighted by atomic mass is 10.2. The van der Waals surface area contributed by atoms with Gasteiger partial charge in [-0.3, -0.25) is 9.59 Å². The number of carboxylic acids is 1. The van der Waals surface area contributed by atoms with Crippen LogP contribution in [-0.4, -0.2) is 53.6 Å². The number of rotatable bonds is 8. The van der Waals surface area contributed by atoms with Crippen LogP contribution in [0.5, 0.6) is 0 Å². The first-order chi connectivity index (χ1) is 9.27. The number of carboxylic acid groups (broad SMARTS) is 1. The van der Waals surface area contributed by atoms with Crippen molar-refractivity contribution in [1.29, 1.82) is 0 Å². The molecule has 0 saturated carbocycles. The SMILES string of the molecule is CCN(CC(C)C(=O)O)C(=O)NCCC(=O)NC(C)C. The lowest BCUT2D eigenvalue weighted by Gasteiger charge is -2.23. The third-order valence-electron chi connectivity index (χ3n) is 2.66. The van der Waals surface area contributed by atoms with E-state index in [1.165, 1.54) is 4.90 Å². The Morgan fingerprint density at radius 3 is 2.25 bits per heavy atom. The monoisotopic (exact) mass is 287 g/mol. The quantitative estimate of drug-likeness (QED) is 0.610. The molecule has 0 heterocycles. The van der Waals surface area contributed by atoms with Crippen LogP contribution in [0.4, 0.5) is 4.79 Å². The topological polar surface area (TPSA) is 98.7 Å². The number of hydrogen-bond acceptors (Lipinski definition) is 3. The molecule has 1 unspecified atom stereocenters. The molecular weight excluding hydrogens is 262 g/mol. The van der Waals surface area contributed by atoms with Gasteiger partial charge >= 0.3 is 12.0 Å². The molecule has 0 rings (SSSR count). The number of nitrogens with one attached hydrogen (secondary N) is 2. The van der Waals surface area contributed by atoms with Crippen LogP contribution in [0.1, 0.15) is 34.1 Å². The predicted molar refractivity (Wildman–Crippen MR) is 75.3 cm³/mol. The molecule has 0 radical (unpaired) electrons. The third kappa shape index (κ3) is 7.60. The van der Waals surface area contributed by atoms with Crippen LogP contribution >= 0.6 is 0 Å². The van der Waals surface area contributed by atoms with E-state index in [1.54, 1.807) is 13.8 Å². The highest BCUT2D eigenvalue weighted by Crippen LogP contribution is 2.00. The number of aliphatic carboxylic acids is 1. The average molecular weight is 287 g/mol. The van der Waals surface area contributed by atoms with Crippen LogP contribution in [0.15, 0.2) is 0 Å². The smallest absolute Gasteiger partial charge is 0.317 e. The van der Waals surface area contributed by atoms with Crippen molar-refractivity contribution in [3.8, 4) is 0 Å². The minimum Gasteiger partial charge on any atom is -0.481 e. The molecule has 0 aromatic heterocycles. The van der Waals surface area contributed by atoms with Gasteiger partial charge in [0.2, 0.25) is 5.91 Å². The van der Waals surface area contributed by atoms with Gasteiger partial charge in [-0.2, -0.15) is 0 Å². The second-order valence-corrected chi connectivity index (χ2v) is 4.98. The van der Waals surface area contributed by atoms with Gasteiger partial charge < -0.3 is 20.6 Å². The lowest BCUT2D eigenvalue weighted by Crippen LogP contribution is -2.44. The number of hydrogen-bond donors (Lipinski definition) is 3. The molecule has 0 fully saturated rings. The first-order valence-electron chi connectivity index (χ1n) is 6.82. The Labute approximate surface area is 119 Å². The van der Waals surface area contributed by atoms with E-state index in [1.807, 2.05) is 13.8 Å². The summed E-state index contributed by atoms with van der Waals surface area (Å²) in [4.78, 5) is 35.4. The van der Waals surface area contributed by atoms with Crippen molar-refractivity contribution in [3.63, 3.8) is 0 Å². The molecule has 0 spiro atoms. The summed E-state index contributed by atoms with van der Waals surface area (Å²) in [6.45, 7) is 7.85. The summed E-state index contributed by atoms with van der Waals surface area (Å²) in [7, 11) is 0. The fraction of sp³-hybridized carbons (Fsp3) is 0.769. The Bertz CT molecular complexity index is 345. The van der Waals surface area contributed by atoms with E-state index in [2.05, 4.69) is 10.6 Å². The van der Waals surface area contributed by atoms with Gasteiger partial charge in [0.1, 0.15) is 0 Å². The van der Waals surface area contributed by atoms with Crippen LogP contribution in [0, 0.1) is 5.92 Å². The molecule has 0 aromatic rings. The summed E-state index contributed by atoms with van der Waals surface area (Å²) in [6.07, 6.45) is 0.204. The molecule has 116 valence electrons. The van der Waals surface area contributed by atoms with Crippen molar-refractivity contribution in [1.82, 2.24) is 15.5 Å². The molecule has 7 heteroatoms. The molecule has 3 amide bonds. The van der Waals surface area contributed by atoms with Crippen molar-refractivity contribution in [2.24, 2.45) is 5.92 Å². The summed E-state index contributed by atoms with van der Waals surface area (Å²) in [5.74, 6) is -1.68. The Hall–Kier alpha value is -1.79. The normalized spacial score (nSPS) is 11.8. The van der Waals surface area contributed by atoms with Gasteiger partial charge in [-0.05, 0) is 20.8 Å². The summed E-state index contributed by atoms with van der Waals surface area (Å²) in [5.41, 5.74) is 0. The van der Waals surface area contributed by atoms with E-state index in [-0.39, 0.29) is 37.5 Å². The van der Waals surface area contributed by atoms with Gasteiger partial charge in [-0.25, -0.2) is 4.79 Å². The van der Waals surface area contributed by atoms with E-state index in [0.717, 1.165) is 0 Å². The van der Waals surface area contributed by atoms with E-state index < -0.39 is 11.9 Å². The fourth-order valence-corrected chi connectivity index (χ4v) is 1.55. The highest BCUT2D eigenvalue weighted by Gasteiger charge is 2.19. The molecular formula is C13H25N3O4. The number of urea groups is 1. The molecule has 3 N–H and O–H groups in total. The van der Waals surface area contributed by atoms with Crippen molar-refractivity contribution in [2.45, 2.75) is 40.2 Å². The van der Waals surface area contributed by atoms with Crippen LogP contribution in [0.2, 0.25) is 0 Å². The Balaban J connectivity index is 4.10. The average Bonchev–Trinajstić information content (AvgIpc) is 2.34. The Morgan fingerprint density at radius 2 is 1.80 bits per heavy atom. The van der Waals surface area contributed by atoms with Crippen molar-refractivity contribution >= 4 is 17.9 Å². The zero-order chi connectivity index (χ0) is 15.7. The van der Waals surface area contributed by atoms with Gasteiger partial charge in [0, 0.05) is 32.1 Å². The zero-order valence-corrected chi connectivity index (χ0v) is 12.6. The molecule has 0 bridgehead atoms. The second kappa shape index (κ2) is 9.17. The third-order valence-corrected chi connectivity index (χ3v) is 2.66. The van der Waals surface area contributed by atoms with Gasteiger partial charge in [0.05, 0.1) is 5.92 Å². The largest absolute Gasteiger partial charge is 0.481 e. The van der Waals surface area contributed by atoms with E-state index in [4.69, 9.17) is 5.11 Å². The van der Waals surface area contributed by atoms with Crippen LogP contribution in [0.25, 0.3) is 0 Å². The van der Waals surface area contributed by atoms with Crippen LogP contribution in [-0.2, 0) is 9.59 Å². The second-order valence-electron chi connectivity index (χ2n) is 4.98. The molecule has 0 aromatic carbocycles. The fourth-order valence-electron chi connectivity index (χ4n) is 1.55. The van der Waals surface area contributed by atoms with E-state index in [0.29, 0.717) is 6.54 Å². The summed E-state index contributed by atoms with van der Waals surface area (Å²) < 4.78 is 0. The zero-order valence-electron chi connectivity index (χ0n) is 12.6. The number of nitrogens with zero attached hydrogens (tertiary/aromatic N) is 1. The first-order valence-corrected chi connectivity index (χ1v) is 6.82. The lowest BCUT2D eigenvalue weighted by molar-refractivity contribution is -0.141. The molecule has 0 aliphatic carbocycles. The van der Waals surface area contributed by atoms with Crippen molar-refractivity contribution in [3.05, 3.63) is 0 Å². The first kappa shape index (κ1) is 18.2. The number of amides is 3.